The Hall–Kier alpha value is -2.15. The molecule has 2 aliphatic rings. The summed E-state index contributed by atoms with van der Waals surface area (Å²) in [6.07, 6.45) is 2.50. The number of anilines is 1. The number of hydrogen-bond acceptors (Lipinski definition) is 5. The number of hydrogen-bond donors (Lipinski definition) is 2. The highest BCUT2D eigenvalue weighted by Crippen LogP contribution is 2.23. The Morgan fingerprint density at radius 1 is 1.40 bits per heavy atom. The highest BCUT2D eigenvalue weighted by molar-refractivity contribution is 5.98. The Morgan fingerprint density at radius 2 is 2.24 bits per heavy atom. The topological polar surface area (TPSA) is 77.6 Å². The van der Waals surface area contributed by atoms with Crippen LogP contribution in [0.1, 0.15) is 35.8 Å². The molecule has 3 heterocycles. The van der Waals surface area contributed by atoms with Gasteiger partial charge in [-0.2, -0.15) is 0 Å². The molecular weight excluding hydrogens is 318 g/mol. The molecule has 7 heteroatoms. The van der Waals surface area contributed by atoms with E-state index in [0.717, 1.165) is 24.6 Å². The van der Waals surface area contributed by atoms with Crippen molar-refractivity contribution in [3.05, 3.63) is 23.4 Å². The molecule has 2 amide bonds. The van der Waals surface area contributed by atoms with E-state index in [-0.39, 0.29) is 11.8 Å². The average molecular weight is 345 g/mol. The van der Waals surface area contributed by atoms with Gasteiger partial charge in [-0.05, 0) is 44.5 Å². The number of nitrogens with zero attached hydrogens (tertiary/aromatic N) is 3. The maximum absolute atomic E-state index is 12.4. The van der Waals surface area contributed by atoms with Crippen LogP contribution in [0, 0.1) is 5.92 Å². The summed E-state index contributed by atoms with van der Waals surface area (Å²) in [5, 5.41) is 6.15. The monoisotopic (exact) mass is 345 g/mol. The minimum atomic E-state index is -0.0814. The standard InChI is InChI=1S/C18H27N5O2/c1-13(24)19-7-9-23-12-16-15(18(23)25)5-6-17(21-16)20-10-14-4-3-8-22(2)11-14/h5-6,14H,3-4,7-12H2,1-2H3,(H,19,24)(H,20,21)/t14-/m1/s1. The number of carbonyl (C=O) groups excluding carboxylic acids is 2. The smallest absolute Gasteiger partial charge is 0.256 e. The van der Waals surface area contributed by atoms with Crippen LogP contribution in [0.5, 0.6) is 0 Å². The van der Waals surface area contributed by atoms with E-state index in [9.17, 15) is 9.59 Å². The molecule has 0 saturated carbocycles. The van der Waals surface area contributed by atoms with Gasteiger partial charge in [0, 0.05) is 33.1 Å². The first kappa shape index (κ1) is 17.7. The molecule has 2 N–H and O–H groups in total. The predicted octanol–water partition coefficient (Wildman–Crippen LogP) is 0.927. The molecule has 136 valence electrons. The van der Waals surface area contributed by atoms with Crippen LogP contribution in [0.15, 0.2) is 12.1 Å². The van der Waals surface area contributed by atoms with Gasteiger partial charge in [0.2, 0.25) is 5.91 Å². The summed E-state index contributed by atoms with van der Waals surface area (Å²) in [6, 6.07) is 3.75. The van der Waals surface area contributed by atoms with Crippen molar-refractivity contribution in [2.45, 2.75) is 26.3 Å². The minimum Gasteiger partial charge on any atom is -0.370 e. The van der Waals surface area contributed by atoms with Gasteiger partial charge in [-0.25, -0.2) is 4.98 Å². The van der Waals surface area contributed by atoms with Crippen molar-refractivity contribution < 1.29 is 9.59 Å². The van der Waals surface area contributed by atoms with Crippen LogP contribution in [-0.4, -0.2) is 66.4 Å². The highest BCUT2D eigenvalue weighted by Gasteiger charge is 2.28. The maximum Gasteiger partial charge on any atom is 0.256 e. The molecule has 1 atom stereocenters. The fourth-order valence-corrected chi connectivity index (χ4v) is 3.57. The molecule has 0 aliphatic carbocycles. The largest absolute Gasteiger partial charge is 0.370 e. The van der Waals surface area contributed by atoms with Crippen LogP contribution >= 0.6 is 0 Å². The number of rotatable bonds is 6. The van der Waals surface area contributed by atoms with Crippen LogP contribution in [0.2, 0.25) is 0 Å². The lowest BCUT2D eigenvalue weighted by Gasteiger charge is -2.29. The summed E-state index contributed by atoms with van der Waals surface area (Å²) < 4.78 is 0. The van der Waals surface area contributed by atoms with E-state index in [2.05, 4.69) is 27.6 Å². The predicted molar refractivity (Wildman–Crippen MR) is 96.4 cm³/mol. The quantitative estimate of drug-likeness (QED) is 0.802. The summed E-state index contributed by atoms with van der Waals surface area (Å²) in [5.41, 5.74) is 1.49. The second kappa shape index (κ2) is 7.82. The Kier molecular flexibility index (Phi) is 5.53. The van der Waals surface area contributed by atoms with Crippen LogP contribution in [0.25, 0.3) is 0 Å². The molecule has 2 aliphatic heterocycles. The third kappa shape index (κ3) is 4.48. The second-order valence-electron chi connectivity index (χ2n) is 7.05. The van der Waals surface area contributed by atoms with E-state index in [4.69, 9.17) is 0 Å². The summed E-state index contributed by atoms with van der Waals surface area (Å²) in [6.45, 7) is 6.18. The Morgan fingerprint density at radius 3 is 3.00 bits per heavy atom. The molecule has 0 spiro atoms. The average Bonchev–Trinajstić information content (AvgIpc) is 2.88. The second-order valence-corrected chi connectivity index (χ2v) is 7.05. The van der Waals surface area contributed by atoms with E-state index < -0.39 is 0 Å². The number of pyridine rings is 1. The van der Waals surface area contributed by atoms with E-state index in [0.29, 0.717) is 31.1 Å². The summed E-state index contributed by atoms with van der Waals surface area (Å²) >= 11 is 0. The van der Waals surface area contributed by atoms with Crippen molar-refractivity contribution in [1.29, 1.82) is 0 Å². The number of amides is 2. The highest BCUT2D eigenvalue weighted by atomic mass is 16.2. The molecule has 0 unspecified atom stereocenters. The van der Waals surface area contributed by atoms with Crippen LogP contribution in [0.4, 0.5) is 5.82 Å². The third-order valence-electron chi connectivity index (χ3n) is 4.88. The molecule has 1 fully saturated rings. The molecular formula is C18H27N5O2. The Bertz CT molecular complexity index is 648. The summed E-state index contributed by atoms with van der Waals surface area (Å²) in [7, 11) is 2.17. The summed E-state index contributed by atoms with van der Waals surface area (Å²) in [4.78, 5) is 32.0. The molecule has 0 aromatic carbocycles. The van der Waals surface area contributed by atoms with Gasteiger partial charge in [-0.1, -0.05) is 0 Å². The number of piperidine rings is 1. The van der Waals surface area contributed by atoms with Crippen LogP contribution in [0.3, 0.4) is 0 Å². The van der Waals surface area contributed by atoms with Crippen molar-refractivity contribution in [3.8, 4) is 0 Å². The zero-order chi connectivity index (χ0) is 17.8. The van der Waals surface area contributed by atoms with Crippen molar-refractivity contribution in [1.82, 2.24) is 20.1 Å². The molecule has 25 heavy (non-hydrogen) atoms. The SMILES string of the molecule is CC(=O)NCCN1Cc2nc(NC[C@H]3CCCN(C)C3)ccc2C1=O. The molecule has 1 saturated heterocycles. The van der Waals surface area contributed by atoms with Crippen molar-refractivity contribution in [2.24, 2.45) is 5.92 Å². The van der Waals surface area contributed by atoms with Crippen molar-refractivity contribution in [2.75, 3.05) is 45.1 Å². The first-order valence-corrected chi connectivity index (χ1v) is 8.99. The fourth-order valence-electron chi connectivity index (χ4n) is 3.57. The molecule has 0 radical (unpaired) electrons. The van der Waals surface area contributed by atoms with Crippen LogP contribution < -0.4 is 10.6 Å². The molecule has 3 rings (SSSR count). The van der Waals surface area contributed by atoms with Gasteiger partial charge in [-0.15, -0.1) is 0 Å². The zero-order valence-corrected chi connectivity index (χ0v) is 15.0. The number of likely N-dealkylation sites (tertiary alicyclic amines) is 1. The Balaban J connectivity index is 1.55. The number of carbonyl (C=O) groups is 2. The number of nitrogens with one attached hydrogen (secondary N) is 2. The van der Waals surface area contributed by atoms with E-state index in [1.807, 2.05) is 12.1 Å². The van der Waals surface area contributed by atoms with Crippen molar-refractivity contribution in [3.63, 3.8) is 0 Å². The first-order valence-electron chi connectivity index (χ1n) is 8.99. The van der Waals surface area contributed by atoms with Crippen LogP contribution in [-0.2, 0) is 11.3 Å². The van der Waals surface area contributed by atoms with Gasteiger partial charge in [0.15, 0.2) is 0 Å². The van der Waals surface area contributed by atoms with Crippen molar-refractivity contribution >= 4 is 17.6 Å². The van der Waals surface area contributed by atoms with Gasteiger partial charge >= 0.3 is 0 Å². The molecule has 7 nitrogen and oxygen atoms in total. The molecule has 0 bridgehead atoms. The summed E-state index contributed by atoms with van der Waals surface area (Å²) in [5.74, 6) is 1.39. The lowest BCUT2D eigenvalue weighted by Crippen LogP contribution is -2.35. The molecule has 1 aromatic heterocycles. The van der Waals surface area contributed by atoms with Gasteiger partial charge in [0.1, 0.15) is 5.82 Å². The van der Waals surface area contributed by atoms with Gasteiger partial charge in [0.05, 0.1) is 17.8 Å². The Labute approximate surface area is 148 Å². The van der Waals surface area contributed by atoms with Gasteiger partial charge < -0.3 is 20.4 Å². The zero-order valence-electron chi connectivity index (χ0n) is 15.0. The third-order valence-corrected chi connectivity index (χ3v) is 4.88. The number of fused-ring (bicyclic) bond motifs is 1. The lowest BCUT2D eigenvalue weighted by atomic mass is 9.98. The van der Waals surface area contributed by atoms with E-state index >= 15 is 0 Å². The number of aromatic nitrogens is 1. The minimum absolute atomic E-state index is 0.00620. The lowest BCUT2D eigenvalue weighted by molar-refractivity contribution is -0.119. The normalized spacial score (nSPS) is 20.5. The first-order chi connectivity index (χ1) is 12.0. The van der Waals surface area contributed by atoms with E-state index in [1.165, 1.54) is 26.3 Å². The van der Waals surface area contributed by atoms with E-state index in [1.54, 1.807) is 4.90 Å². The van der Waals surface area contributed by atoms with Gasteiger partial charge in [-0.3, -0.25) is 9.59 Å². The maximum atomic E-state index is 12.4. The fraction of sp³-hybridized carbons (Fsp3) is 0.611. The van der Waals surface area contributed by atoms with Gasteiger partial charge in [0.25, 0.3) is 5.91 Å². The molecule has 1 aromatic rings.